The van der Waals surface area contributed by atoms with Crippen LogP contribution in [0.5, 0.6) is 0 Å². The topological polar surface area (TPSA) is 46.3 Å². The van der Waals surface area contributed by atoms with Crippen molar-refractivity contribution in [2.75, 3.05) is 12.8 Å². The van der Waals surface area contributed by atoms with E-state index in [1.54, 1.807) is 11.9 Å². The number of nitrogens with two attached hydrogens (primary N) is 1. The number of nitrogens with zero attached hydrogens (tertiary/aromatic N) is 1. The molecule has 0 aliphatic heterocycles. The molecule has 0 bridgehead atoms. The number of nitrogen functional groups attached to an aromatic ring is 1. The molecule has 1 aliphatic rings. The van der Waals surface area contributed by atoms with Crippen molar-refractivity contribution in [1.29, 1.82) is 0 Å². The van der Waals surface area contributed by atoms with Crippen molar-refractivity contribution in [3.05, 3.63) is 29.3 Å². The van der Waals surface area contributed by atoms with Gasteiger partial charge in [-0.2, -0.15) is 0 Å². The van der Waals surface area contributed by atoms with Gasteiger partial charge in [0.25, 0.3) is 5.91 Å². The zero-order valence-corrected chi connectivity index (χ0v) is 11.8. The van der Waals surface area contributed by atoms with Crippen LogP contribution in [0, 0.1) is 17.6 Å². The minimum absolute atomic E-state index is 0.0232. The number of anilines is 1. The van der Waals surface area contributed by atoms with Crippen LogP contribution < -0.4 is 5.73 Å². The summed E-state index contributed by atoms with van der Waals surface area (Å²) in [6.45, 7) is 2.20. The maximum absolute atomic E-state index is 13.3. The van der Waals surface area contributed by atoms with Gasteiger partial charge in [0, 0.05) is 24.8 Å². The van der Waals surface area contributed by atoms with Gasteiger partial charge >= 0.3 is 0 Å². The van der Waals surface area contributed by atoms with Crippen molar-refractivity contribution < 1.29 is 13.6 Å². The van der Waals surface area contributed by atoms with Crippen LogP contribution in [0.4, 0.5) is 14.5 Å². The molecule has 1 aromatic carbocycles. The molecule has 3 nitrogen and oxygen atoms in total. The number of amides is 1. The van der Waals surface area contributed by atoms with E-state index in [9.17, 15) is 13.6 Å². The predicted molar refractivity (Wildman–Crippen MR) is 74.3 cm³/mol. The molecule has 1 aliphatic carbocycles. The quantitative estimate of drug-likeness (QED) is 0.847. The third kappa shape index (κ3) is 2.92. The van der Waals surface area contributed by atoms with E-state index in [2.05, 4.69) is 6.92 Å². The molecular weight excluding hydrogens is 262 g/mol. The van der Waals surface area contributed by atoms with E-state index in [1.807, 2.05) is 0 Å². The molecule has 0 saturated heterocycles. The fraction of sp³-hybridized carbons (Fsp3) is 0.533. The maximum Gasteiger partial charge on any atom is 0.256 e. The van der Waals surface area contributed by atoms with Crippen molar-refractivity contribution in [3.63, 3.8) is 0 Å². The summed E-state index contributed by atoms with van der Waals surface area (Å²) in [6.07, 6.45) is 4.03. The van der Waals surface area contributed by atoms with Crippen molar-refractivity contribution >= 4 is 11.6 Å². The van der Waals surface area contributed by atoms with Crippen LogP contribution in [-0.4, -0.2) is 23.9 Å². The highest BCUT2D eigenvalue weighted by atomic mass is 19.2. The first-order chi connectivity index (χ1) is 9.40. The summed E-state index contributed by atoms with van der Waals surface area (Å²) in [7, 11) is 1.70. The van der Waals surface area contributed by atoms with Crippen molar-refractivity contribution in [3.8, 4) is 0 Å². The summed E-state index contributed by atoms with van der Waals surface area (Å²) in [5, 5.41) is 0. The second-order valence-corrected chi connectivity index (χ2v) is 5.68. The van der Waals surface area contributed by atoms with E-state index in [-0.39, 0.29) is 23.2 Å². The second-order valence-electron chi connectivity index (χ2n) is 5.68. The van der Waals surface area contributed by atoms with Gasteiger partial charge in [-0.15, -0.1) is 0 Å². The lowest BCUT2D eigenvalue weighted by atomic mass is 9.86. The van der Waals surface area contributed by atoms with Crippen LogP contribution in [0.1, 0.15) is 43.0 Å². The SMILES string of the molecule is CC1CCC(N(C)C(=O)c2cc(F)c(F)cc2N)CC1. The molecule has 1 saturated carbocycles. The van der Waals surface area contributed by atoms with E-state index in [0.717, 1.165) is 37.8 Å². The molecular formula is C15H20F2N2O. The fourth-order valence-corrected chi connectivity index (χ4v) is 2.73. The van der Waals surface area contributed by atoms with Gasteiger partial charge < -0.3 is 10.6 Å². The Balaban J connectivity index is 2.16. The van der Waals surface area contributed by atoms with Crippen LogP contribution >= 0.6 is 0 Å². The minimum Gasteiger partial charge on any atom is -0.398 e. The van der Waals surface area contributed by atoms with Crippen molar-refractivity contribution in [2.24, 2.45) is 5.92 Å². The van der Waals surface area contributed by atoms with Crippen LogP contribution in [-0.2, 0) is 0 Å². The van der Waals surface area contributed by atoms with Crippen LogP contribution in [0.3, 0.4) is 0 Å². The van der Waals surface area contributed by atoms with Crippen molar-refractivity contribution in [1.82, 2.24) is 4.90 Å². The molecule has 20 heavy (non-hydrogen) atoms. The van der Waals surface area contributed by atoms with Crippen molar-refractivity contribution in [2.45, 2.75) is 38.6 Å². The predicted octanol–water partition coefficient (Wildman–Crippen LogP) is 3.20. The first-order valence-electron chi connectivity index (χ1n) is 6.91. The van der Waals surface area contributed by atoms with E-state index in [1.165, 1.54) is 0 Å². The number of carbonyl (C=O) groups excluding carboxylic acids is 1. The van der Waals surface area contributed by atoms with Gasteiger partial charge in [-0.25, -0.2) is 8.78 Å². The zero-order valence-electron chi connectivity index (χ0n) is 11.8. The van der Waals surface area contributed by atoms with Gasteiger partial charge in [0.05, 0.1) is 5.56 Å². The first kappa shape index (κ1) is 14.8. The number of benzene rings is 1. The molecule has 0 radical (unpaired) electrons. The Morgan fingerprint density at radius 1 is 1.20 bits per heavy atom. The molecule has 2 rings (SSSR count). The van der Waals surface area contributed by atoms with Gasteiger partial charge in [-0.1, -0.05) is 6.92 Å². The molecule has 0 aromatic heterocycles. The van der Waals surface area contributed by atoms with Gasteiger partial charge in [-0.05, 0) is 37.7 Å². The van der Waals surface area contributed by atoms with Crippen LogP contribution in [0.2, 0.25) is 0 Å². The molecule has 1 fully saturated rings. The third-order valence-electron chi connectivity index (χ3n) is 4.18. The molecule has 2 N–H and O–H groups in total. The Kier molecular flexibility index (Phi) is 4.26. The summed E-state index contributed by atoms with van der Waals surface area (Å²) in [5.74, 6) is -1.74. The lowest BCUT2D eigenvalue weighted by Gasteiger charge is -2.33. The van der Waals surface area contributed by atoms with Gasteiger partial charge in [0.2, 0.25) is 0 Å². The molecule has 5 heteroatoms. The molecule has 110 valence electrons. The average molecular weight is 282 g/mol. The zero-order chi connectivity index (χ0) is 14.9. The second kappa shape index (κ2) is 5.77. The fourth-order valence-electron chi connectivity index (χ4n) is 2.73. The van der Waals surface area contributed by atoms with Gasteiger partial charge in [0.1, 0.15) is 0 Å². The highest BCUT2D eigenvalue weighted by molar-refractivity contribution is 5.99. The van der Waals surface area contributed by atoms with E-state index in [0.29, 0.717) is 5.92 Å². The molecule has 0 atom stereocenters. The normalized spacial score (nSPS) is 22.6. The molecule has 0 heterocycles. The molecule has 0 unspecified atom stereocenters. The standard InChI is InChI=1S/C15H20F2N2O/c1-9-3-5-10(6-4-9)19(2)15(20)11-7-12(16)13(17)8-14(11)18/h7-10H,3-6,18H2,1-2H3. The minimum atomic E-state index is -1.05. The molecule has 1 amide bonds. The number of hydrogen-bond donors (Lipinski definition) is 1. The largest absolute Gasteiger partial charge is 0.398 e. The number of halogens is 2. The Morgan fingerprint density at radius 2 is 1.75 bits per heavy atom. The summed E-state index contributed by atoms with van der Waals surface area (Å²) < 4.78 is 26.3. The summed E-state index contributed by atoms with van der Waals surface area (Å²) in [6, 6.07) is 1.89. The van der Waals surface area contributed by atoms with Crippen LogP contribution in [0.15, 0.2) is 12.1 Å². The Hall–Kier alpha value is -1.65. The highest BCUT2D eigenvalue weighted by Gasteiger charge is 2.27. The maximum atomic E-state index is 13.3. The third-order valence-corrected chi connectivity index (χ3v) is 4.18. The number of hydrogen-bond acceptors (Lipinski definition) is 2. The summed E-state index contributed by atoms with van der Waals surface area (Å²) >= 11 is 0. The van der Waals surface area contributed by atoms with Crippen LogP contribution in [0.25, 0.3) is 0 Å². The average Bonchev–Trinajstić information content (AvgIpc) is 2.42. The van der Waals surface area contributed by atoms with E-state index < -0.39 is 11.6 Å². The lowest BCUT2D eigenvalue weighted by Crippen LogP contribution is -2.39. The monoisotopic (exact) mass is 282 g/mol. The summed E-state index contributed by atoms with van der Waals surface area (Å²) in [5.41, 5.74) is 5.64. The Labute approximate surface area is 117 Å². The Bertz CT molecular complexity index is 511. The lowest BCUT2D eigenvalue weighted by molar-refractivity contribution is 0.0680. The van der Waals surface area contributed by atoms with Gasteiger partial charge in [-0.3, -0.25) is 4.79 Å². The smallest absolute Gasteiger partial charge is 0.256 e. The van der Waals surface area contributed by atoms with E-state index >= 15 is 0 Å². The van der Waals surface area contributed by atoms with Gasteiger partial charge in [0.15, 0.2) is 11.6 Å². The number of carbonyl (C=O) groups is 1. The number of rotatable bonds is 2. The molecule has 1 aromatic rings. The van der Waals surface area contributed by atoms with E-state index in [4.69, 9.17) is 5.73 Å². The highest BCUT2D eigenvalue weighted by Crippen LogP contribution is 2.28. The summed E-state index contributed by atoms with van der Waals surface area (Å²) in [4.78, 5) is 14.0. The Morgan fingerprint density at radius 3 is 2.35 bits per heavy atom. The first-order valence-corrected chi connectivity index (χ1v) is 6.91. The molecule has 0 spiro atoms.